The van der Waals surface area contributed by atoms with Gasteiger partial charge in [0.1, 0.15) is 0 Å². The predicted octanol–water partition coefficient (Wildman–Crippen LogP) is 2.99. The van der Waals surface area contributed by atoms with E-state index in [4.69, 9.17) is 17.3 Å². The Bertz CT molecular complexity index is 467. The fourth-order valence-electron chi connectivity index (χ4n) is 1.61. The first-order valence-corrected chi connectivity index (χ1v) is 6.59. The van der Waals surface area contributed by atoms with Gasteiger partial charge in [-0.05, 0) is 25.6 Å². The molecule has 4 heteroatoms. The monoisotopic (exact) mass is 254 g/mol. The van der Waals surface area contributed by atoms with E-state index in [0.717, 1.165) is 36.5 Å². The summed E-state index contributed by atoms with van der Waals surface area (Å²) in [5.74, 6) is 0. The molecule has 0 saturated carbocycles. The summed E-state index contributed by atoms with van der Waals surface area (Å²) < 4.78 is 1.25. The van der Waals surface area contributed by atoms with Gasteiger partial charge in [-0.3, -0.25) is 0 Å². The fourth-order valence-corrected chi connectivity index (χ4v) is 3.08. The Morgan fingerprint density at radius 3 is 2.88 bits per heavy atom. The SMILES string of the molecule is NCCCNCc1sc2ccccc2c1Cl. The maximum atomic E-state index is 6.32. The second-order valence-electron chi connectivity index (χ2n) is 3.65. The topological polar surface area (TPSA) is 38.0 Å². The van der Waals surface area contributed by atoms with Gasteiger partial charge in [-0.25, -0.2) is 0 Å². The number of halogens is 1. The van der Waals surface area contributed by atoms with Crippen LogP contribution in [-0.2, 0) is 6.54 Å². The van der Waals surface area contributed by atoms with Crippen molar-refractivity contribution in [2.75, 3.05) is 13.1 Å². The van der Waals surface area contributed by atoms with Gasteiger partial charge in [0.05, 0.1) is 5.02 Å². The van der Waals surface area contributed by atoms with Gasteiger partial charge >= 0.3 is 0 Å². The molecule has 0 radical (unpaired) electrons. The van der Waals surface area contributed by atoms with Gasteiger partial charge in [-0.15, -0.1) is 11.3 Å². The molecule has 0 aliphatic rings. The van der Waals surface area contributed by atoms with Crippen molar-refractivity contribution in [3.8, 4) is 0 Å². The van der Waals surface area contributed by atoms with Crippen molar-refractivity contribution in [2.24, 2.45) is 5.73 Å². The fraction of sp³-hybridized carbons (Fsp3) is 0.333. The minimum atomic E-state index is 0.729. The van der Waals surface area contributed by atoms with E-state index in [1.54, 1.807) is 11.3 Å². The third-order valence-corrected chi connectivity index (χ3v) is 4.16. The first kappa shape index (κ1) is 11.9. The van der Waals surface area contributed by atoms with Gasteiger partial charge in [0.15, 0.2) is 0 Å². The molecule has 2 rings (SSSR count). The second-order valence-corrected chi connectivity index (χ2v) is 5.17. The summed E-state index contributed by atoms with van der Waals surface area (Å²) in [6.45, 7) is 2.51. The largest absolute Gasteiger partial charge is 0.330 e. The zero-order valence-electron chi connectivity index (χ0n) is 9.00. The number of hydrogen-bond acceptors (Lipinski definition) is 3. The van der Waals surface area contributed by atoms with Crippen molar-refractivity contribution in [1.29, 1.82) is 0 Å². The third-order valence-electron chi connectivity index (χ3n) is 2.44. The zero-order valence-corrected chi connectivity index (χ0v) is 10.6. The molecule has 3 N–H and O–H groups in total. The van der Waals surface area contributed by atoms with Crippen molar-refractivity contribution >= 4 is 33.0 Å². The molecule has 86 valence electrons. The highest BCUT2D eigenvalue weighted by molar-refractivity contribution is 7.19. The Morgan fingerprint density at radius 1 is 1.31 bits per heavy atom. The van der Waals surface area contributed by atoms with Crippen LogP contribution in [-0.4, -0.2) is 13.1 Å². The molecule has 1 heterocycles. The molecule has 0 aliphatic heterocycles. The van der Waals surface area contributed by atoms with Gasteiger partial charge < -0.3 is 11.1 Å². The molecule has 2 nitrogen and oxygen atoms in total. The summed E-state index contributed by atoms with van der Waals surface area (Å²) in [7, 11) is 0. The first-order valence-electron chi connectivity index (χ1n) is 5.39. The standard InChI is InChI=1S/C12H15ClN2S/c13-12-9-4-1-2-5-10(9)16-11(12)8-15-7-3-6-14/h1-2,4-5,15H,3,6-8,14H2. The molecule has 1 aromatic carbocycles. The van der Waals surface area contributed by atoms with E-state index in [1.165, 1.54) is 9.58 Å². The van der Waals surface area contributed by atoms with Crippen molar-refractivity contribution < 1.29 is 0 Å². The number of nitrogens with two attached hydrogens (primary N) is 1. The summed E-state index contributed by atoms with van der Waals surface area (Å²) in [5.41, 5.74) is 5.44. The van der Waals surface area contributed by atoms with E-state index in [1.807, 2.05) is 12.1 Å². The van der Waals surface area contributed by atoms with Gasteiger partial charge in [-0.1, -0.05) is 29.8 Å². The van der Waals surface area contributed by atoms with Gasteiger partial charge in [0, 0.05) is 21.5 Å². The van der Waals surface area contributed by atoms with E-state index in [2.05, 4.69) is 17.4 Å². The van der Waals surface area contributed by atoms with Crippen LogP contribution >= 0.6 is 22.9 Å². The molecule has 0 bridgehead atoms. The summed E-state index contributed by atoms with van der Waals surface area (Å²) in [6.07, 6.45) is 1.00. The Morgan fingerprint density at radius 2 is 2.12 bits per heavy atom. The van der Waals surface area contributed by atoms with Gasteiger partial charge in [-0.2, -0.15) is 0 Å². The van der Waals surface area contributed by atoms with E-state index < -0.39 is 0 Å². The molecular formula is C12H15ClN2S. The quantitative estimate of drug-likeness (QED) is 0.805. The zero-order chi connectivity index (χ0) is 11.4. The average Bonchev–Trinajstić information content (AvgIpc) is 2.63. The van der Waals surface area contributed by atoms with Crippen molar-refractivity contribution in [1.82, 2.24) is 5.32 Å². The predicted molar refractivity (Wildman–Crippen MR) is 72.2 cm³/mol. The Labute approximate surface area is 104 Å². The van der Waals surface area contributed by atoms with Crippen LogP contribution in [0.5, 0.6) is 0 Å². The lowest BCUT2D eigenvalue weighted by Crippen LogP contribution is -2.17. The highest BCUT2D eigenvalue weighted by Crippen LogP contribution is 2.34. The maximum Gasteiger partial charge on any atom is 0.0636 e. The van der Waals surface area contributed by atoms with Gasteiger partial charge in [0.25, 0.3) is 0 Å². The highest BCUT2D eigenvalue weighted by atomic mass is 35.5. The molecule has 0 aliphatic carbocycles. The second kappa shape index (κ2) is 5.64. The van der Waals surface area contributed by atoms with Crippen molar-refractivity contribution in [3.05, 3.63) is 34.2 Å². The summed E-state index contributed by atoms with van der Waals surface area (Å²) >= 11 is 8.07. The average molecular weight is 255 g/mol. The molecule has 2 aromatic rings. The number of hydrogen-bond donors (Lipinski definition) is 2. The van der Waals surface area contributed by atoms with E-state index in [9.17, 15) is 0 Å². The number of nitrogens with one attached hydrogen (secondary N) is 1. The van der Waals surface area contributed by atoms with Gasteiger partial charge in [0.2, 0.25) is 0 Å². The maximum absolute atomic E-state index is 6.32. The molecule has 0 saturated heterocycles. The minimum absolute atomic E-state index is 0.729. The Hall–Kier alpha value is -0.610. The lowest BCUT2D eigenvalue weighted by atomic mass is 10.2. The number of rotatable bonds is 5. The van der Waals surface area contributed by atoms with Crippen LogP contribution in [0.2, 0.25) is 5.02 Å². The van der Waals surface area contributed by atoms with Crippen LogP contribution in [0.3, 0.4) is 0 Å². The number of benzene rings is 1. The van der Waals surface area contributed by atoms with E-state index in [0.29, 0.717) is 0 Å². The highest BCUT2D eigenvalue weighted by Gasteiger charge is 2.08. The lowest BCUT2D eigenvalue weighted by Gasteiger charge is -2.01. The normalized spacial score (nSPS) is 11.1. The third kappa shape index (κ3) is 2.55. The van der Waals surface area contributed by atoms with Crippen molar-refractivity contribution in [2.45, 2.75) is 13.0 Å². The summed E-state index contributed by atoms with van der Waals surface area (Å²) in [6, 6.07) is 8.24. The van der Waals surface area contributed by atoms with Crippen LogP contribution in [0.25, 0.3) is 10.1 Å². The molecular weight excluding hydrogens is 240 g/mol. The van der Waals surface area contributed by atoms with Crippen LogP contribution in [0.1, 0.15) is 11.3 Å². The Balaban J connectivity index is 2.09. The number of fused-ring (bicyclic) bond motifs is 1. The molecule has 16 heavy (non-hydrogen) atoms. The van der Waals surface area contributed by atoms with Crippen LogP contribution in [0.4, 0.5) is 0 Å². The summed E-state index contributed by atoms with van der Waals surface area (Å²) in [5, 5.41) is 5.40. The first-order chi connectivity index (χ1) is 7.83. The molecule has 0 fully saturated rings. The van der Waals surface area contributed by atoms with Crippen LogP contribution in [0.15, 0.2) is 24.3 Å². The molecule has 0 amide bonds. The smallest absolute Gasteiger partial charge is 0.0636 e. The number of thiophene rings is 1. The summed E-state index contributed by atoms with van der Waals surface area (Å²) in [4.78, 5) is 1.21. The van der Waals surface area contributed by atoms with E-state index in [-0.39, 0.29) is 0 Å². The van der Waals surface area contributed by atoms with E-state index >= 15 is 0 Å². The van der Waals surface area contributed by atoms with Crippen LogP contribution < -0.4 is 11.1 Å². The van der Waals surface area contributed by atoms with Crippen LogP contribution in [0, 0.1) is 0 Å². The lowest BCUT2D eigenvalue weighted by molar-refractivity contribution is 0.661. The minimum Gasteiger partial charge on any atom is -0.330 e. The molecule has 1 aromatic heterocycles. The molecule has 0 atom stereocenters. The Kier molecular flexibility index (Phi) is 4.18. The molecule has 0 unspecified atom stereocenters. The molecule has 0 spiro atoms. The van der Waals surface area contributed by atoms with Crippen molar-refractivity contribution in [3.63, 3.8) is 0 Å².